The minimum Gasteiger partial charge on any atom is -0.321 e. The largest absolute Gasteiger partial charge is 0.433 e. The lowest BCUT2D eigenvalue weighted by Crippen LogP contribution is -2.44. The number of pyridine rings is 1. The molecule has 3 amide bonds. The summed E-state index contributed by atoms with van der Waals surface area (Å²) in [5.41, 5.74) is 3.41. The van der Waals surface area contributed by atoms with Gasteiger partial charge in [0.2, 0.25) is 11.8 Å². The van der Waals surface area contributed by atoms with Gasteiger partial charge in [0.25, 0.3) is 5.91 Å². The number of halogens is 3. The fraction of sp³-hybridized carbons (Fsp3) is 0.421. The lowest BCUT2D eigenvalue weighted by Gasteiger charge is -2.41. The quantitative estimate of drug-likeness (QED) is 0.212. The molecular formula is C38H39F3N8O4. The summed E-state index contributed by atoms with van der Waals surface area (Å²) in [6.45, 7) is 4.97. The number of likely N-dealkylation sites (tertiary alicyclic amines) is 1. The standard InChI is InChI=1S/C38H39F3N8O4/c1-21-6-9-29-34(46(2)37(53)49(29)30-10-11-32(50)44-36(30)52)33(21)23-12-14-47(15-13-23)19-22-16-26(17-22)48-20-24-18-25(7-8-27(24)45-48)42-35(51)28-4-3-5-31(43-28)38(39,40)41/h3-9,18,20,22-23,26,30H,10-17,19H2,1-2H3,(H,42,51)(H,44,50,52)/t22-,26-,30?. The van der Waals surface area contributed by atoms with Crippen molar-refractivity contribution in [2.75, 3.05) is 25.0 Å². The average molecular weight is 729 g/mol. The maximum Gasteiger partial charge on any atom is 0.433 e. The Morgan fingerprint density at radius 2 is 1.79 bits per heavy atom. The number of aromatic nitrogens is 5. The Morgan fingerprint density at radius 1 is 1.02 bits per heavy atom. The molecule has 5 aromatic rings. The van der Waals surface area contributed by atoms with Crippen LogP contribution in [0.5, 0.6) is 0 Å². The molecule has 53 heavy (non-hydrogen) atoms. The molecule has 2 aliphatic heterocycles. The zero-order valence-electron chi connectivity index (χ0n) is 29.3. The summed E-state index contributed by atoms with van der Waals surface area (Å²) in [5.74, 6) is -0.657. The molecule has 1 saturated carbocycles. The van der Waals surface area contributed by atoms with Crippen molar-refractivity contribution in [3.05, 3.63) is 87.7 Å². The van der Waals surface area contributed by atoms with Crippen molar-refractivity contribution in [1.82, 2.24) is 34.1 Å². The summed E-state index contributed by atoms with van der Waals surface area (Å²) < 4.78 is 44.4. The smallest absolute Gasteiger partial charge is 0.321 e. The highest BCUT2D eigenvalue weighted by atomic mass is 19.4. The van der Waals surface area contributed by atoms with Crippen molar-refractivity contribution < 1.29 is 27.6 Å². The molecule has 0 radical (unpaired) electrons. The monoisotopic (exact) mass is 728 g/mol. The number of hydrogen-bond donors (Lipinski definition) is 2. The van der Waals surface area contributed by atoms with Gasteiger partial charge in [-0.15, -0.1) is 0 Å². The van der Waals surface area contributed by atoms with Crippen LogP contribution in [0.3, 0.4) is 0 Å². The Balaban J connectivity index is 0.878. The zero-order chi connectivity index (χ0) is 37.2. The van der Waals surface area contributed by atoms with Crippen LogP contribution in [0.4, 0.5) is 18.9 Å². The van der Waals surface area contributed by atoms with Gasteiger partial charge in [0.15, 0.2) is 0 Å². The molecule has 1 unspecified atom stereocenters. The molecule has 8 rings (SSSR count). The molecular weight excluding hydrogens is 689 g/mol. The van der Waals surface area contributed by atoms with E-state index in [1.807, 2.05) is 23.0 Å². The first-order valence-corrected chi connectivity index (χ1v) is 17.9. The predicted octanol–water partition coefficient (Wildman–Crippen LogP) is 5.47. The fourth-order valence-corrected chi connectivity index (χ4v) is 8.41. The van der Waals surface area contributed by atoms with E-state index >= 15 is 0 Å². The predicted molar refractivity (Wildman–Crippen MR) is 190 cm³/mol. The molecule has 276 valence electrons. The van der Waals surface area contributed by atoms with E-state index in [2.05, 4.69) is 27.4 Å². The third kappa shape index (κ3) is 6.51. The van der Waals surface area contributed by atoms with Crippen molar-refractivity contribution in [2.45, 2.75) is 69.6 Å². The topological polar surface area (TPSA) is 136 Å². The molecule has 3 aliphatic rings. The Morgan fingerprint density at radius 3 is 2.53 bits per heavy atom. The number of imide groups is 1. The van der Waals surface area contributed by atoms with Gasteiger partial charge >= 0.3 is 11.9 Å². The van der Waals surface area contributed by atoms with Gasteiger partial charge in [0.05, 0.1) is 22.6 Å². The summed E-state index contributed by atoms with van der Waals surface area (Å²) >= 11 is 0. The molecule has 12 nitrogen and oxygen atoms in total. The van der Waals surface area contributed by atoms with Gasteiger partial charge in [-0.2, -0.15) is 18.3 Å². The Hall–Kier alpha value is -5.31. The molecule has 3 aromatic heterocycles. The van der Waals surface area contributed by atoms with E-state index < -0.39 is 29.7 Å². The van der Waals surface area contributed by atoms with E-state index in [0.717, 1.165) is 90.5 Å². The fourth-order valence-electron chi connectivity index (χ4n) is 8.41. The Labute approximate surface area is 302 Å². The summed E-state index contributed by atoms with van der Waals surface area (Å²) in [6, 6.07) is 11.9. The number of piperidine rings is 2. The van der Waals surface area contributed by atoms with Crippen LogP contribution in [-0.2, 0) is 22.8 Å². The first kappa shape index (κ1) is 34.8. The summed E-state index contributed by atoms with van der Waals surface area (Å²) in [5, 5.41) is 10.6. The highest BCUT2D eigenvalue weighted by Gasteiger charge is 2.36. The lowest BCUT2D eigenvalue weighted by atomic mass is 9.79. The van der Waals surface area contributed by atoms with E-state index in [9.17, 15) is 32.3 Å². The van der Waals surface area contributed by atoms with E-state index in [-0.39, 0.29) is 35.7 Å². The second kappa shape index (κ2) is 13.3. The van der Waals surface area contributed by atoms with Crippen LogP contribution >= 0.6 is 0 Å². The van der Waals surface area contributed by atoms with Crippen molar-refractivity contribution in [3.63, 3.8) is 0 Å². The van der Waals surface area contributed by atoms with Gasteiger partial charge in [-0.3, -0.25) is 33.5 Å². The Bertz CT molecular complexity index is 2330. The SMILES string of the molecule is Cc1ccc2c(c1C1CCN(C[C@H]3C[C@H](n4cc5cc(NC(=O)c6cccc(C(F)(F)F)n6)ccc5n4)C3)CC1)n(C)c(=O)n2C1CCC(=O)NC1=O. The molecule has 15 heteroatoms. The highest BCUT2D eigenvalue weighted by molar-refractivity contribution is 6.04. The number of carbonyl (C=O) groups is 3. The third-order valence-electron chi connectivity index (χ3n) is 11.2. The molecule has 2 N–H and O–H groups in total. The second-order valence-electron chi connectivity index (χ2n) is 14.7. The van der Waals surface area contributed by atoms with Crippen molar-refractivity contribution >= 4 is 45.3 Å². The van der Waals surface area contributed by atoms with Gasteiger partial charge < -0.3 is 10.2 Å². The van der Waals surface area contributed by atoms with Crippen molar-refractivity contribution in [1.29, 1.82) is 0 Å². The second-order valence-corrected chi connectivity index (χ2v) is 14.7. The van der Waals surface area contributed by atoms with E-state index in [1.54, 1.807) is 34.4 Å². The third-order valence-corrected chi connectivity index (χ3v) is 11.2. The molecule has 3 fully saturated rings. The maximum atomic E-state index is 13.5. The number of fused-ring (bicyclic) bond motifs is 2. The van der Waals surface area contributed by atoms with Crippen LogP contribution < -0.4 is 16.3 Å². The van der Waals surface area contributed by atoms with Gasteiger partial charge in [0.1, 0.15) is 17.4 Å². The number of imidazole rings is 1. The molecule has 1 atom stereocenters. The molecule has 0 bridgehead atoms. The first-order valence-electron chi connectivity index (χ1n) is 17.9. The van der Waals surface area contributed by atoms with Crippen LogP contribution in [-0.4, -0.2) is 66.2 Å². The number of benzene rings is 2. The van der Waals surface area contributed by atoms with Crippen LogP contribution in [0.15, 0.2) is 59.5 Å². The number of alkyl halides is 3. The van der Waals surface area contributed by atoms with Crippen LogP contribution in [0.25, 0.3) is 21.9 Å². The van der Waals surface area contributed by atoms with Gasteiger partial charge in [-0.25, -0.2) is 9.78 Å². The lowest BCUT2D eigenvalue weighted by molar-refractivity contribution is -0.141. The number of rotatable bonds is 7. The van der Waals surface area contributed by atoms with E-state index in [0.29, 0.717) is 18.0 Å². The molecule has 5 heterocycles. The van der Waals surface area contributed by atoms with Crippen LogP contribution in [0.2, 0.25) is 0 Å². The Kier molecular flexibility index (Phi) is 8.71. The summed E-state index contributed by atoms with van der Waals surface area (Å²) in [4.78, 5) is 56.6. The van der Waals surface area contributed by atoms with Crippen molar-refractivity contribution in [2.24, 2.45) is 13.0 Å². The molecule has 2 saturated heterocycles. The van der Waals surface area contributed by atoms with E-state index in [1.165, 1.54) is 6.07 Å². The normalized spacial score (nSPS) is 21.6. The molecule has 1 aliphatic carbocycles. The number of nitrogens with zero attached hydrogens (tertiary/aromatic N) is 6. The van der Waals surface area contributed by atoms with Gasteiger partial charge in [-0.05, 0) is 111 Å². The number of carbonyl (C=O) groups excluding carboxylic acids is 3. The number of hydrogen-bond acceptors (Lipinski definition) is 7. The molecule has 2 aromatic carbocycles. The summed E-state index contributed by atoms with van der Waals surface area (Å²) in [6.07, 6.45) is 1.72. The van der Waals surface area contributed by atoms with Crippen molar-refractivity contribution in [3.8, 4) is 0 Å². The van der Waals surface area contributed by atoms with Gasteiger partial charge in [0, 0.05) is 37.3 Å². The summed E-state index contributed by atoms with van der Waals surface area (Å²) in [7, 11) is 1.76. The van der Waals surface area contributed by atoms with E-state index in [4.69, 9.17) is 5.10 Å². The number of nitrogens with one attached hydrogen (secondary N) is 2. The minimum atomic E-state index is -4.64. The highest BCUT2D eigenvalue weighted by Crippen LogP contribution is 2.41. The number of aryl methyl sites for hydroxylation is 2. The molecule has 0 spiro atoms. The number of anilines is 1. The van der Waals surface area contributed by atoms with Gasteiger partial charge in [-0.1, -0.05) is 12.1 Å². The number of amides is 3. The van der Waals surface area contributed by atoms with Crippen LogP contribution in [0, 0.1) is 12.8 Å². The first-order chi connectivity index (χ1) is 25.3. The average Bonchev–Trinajstić information content (AvgIpc) is 3.63. The van der Waals surface area contributed by atoms with Crippen LogP contribution in [0.1, 0.15) is 83.8 Å². The zero-order valence-corrected chi connectivity index (χ0v) is 29.3. The maximum absolute atomic E-state index is 13.5. The minimum absolute atomic E-state index is 0.203.